The molecule has 0 aliphatic rings. The molecule has 0 spiro atoms. The molecule has 0 heterocycles. The molecule has 96 valence electrons. The second kappa shape index (κ2) is 7.55. The van der Waals surface area contributed by atoms with E-state index < -0.39 is 22.2 Å². The van der Waals surface area contributed by atoms with Crippen LogP contribution in [0.4, 0.5) is 0 Å². The Kier molecular flexibility index (Phi) is 7.22. The largest absolute Gasteiger partial charge is 0.481 e. The summed E-state index contributed by atoms with van der Waals surface area (Å²) in [4.78, 5) is 10.3. The van der Waals surface area contributed by atoms with E-state index in [1.165, 1.54) is 7.11 Å². The zero-order valence-corrected chi connectivity index (χ0v) is 10.2. The van der Waals surface area contributed by atoms with Gasteiger partial charge < -0.3 is 9.84 Å². The number of carbonyl (C=O) groups is 1. The molecule has 1 unspecified atom stereocenters. The number of ether oxygens (including phenoxy) is 1. The van der Waals surface area contributed by atoms with Crippen molar-refractivity contribution >= 4 is 16.2 Å². The van der Waals surface area contributed by atoms with E-state index in [4.69, 9.17) is 5.11 Å². The summed E-state index contributed by atoms with van der Waals surface area (Å²) in [7, 11) is -2.10. The van der Waals surface area contributed by atoms with Crippen LogP contribution in [0.5, 0.6) is 0 Å². The van der Waals surface area contributed by atoms with E-state index in [1.54, 1.807) is 6.92 Å². The minimum absolute atomic E-state index is 0.0677. The molecule has 0 amide bonds. The average molecular weight is 254 g/mol. The monoisotopic (exact) mass is 254 g/mol. The van der Waals surface area contributed by atoms with E-state index in [2.05, 4.69) is 14.2 Å². The molecule has 8 heteroatoms. The molecule has 0 saturated carbocycles. The first kappa shape index (κ1) is 15.3. The molecule has 7 nitrogen and oxygen atoms in total. The number of nitrogens with one attached hydrogen (secondary N) is 2. The number of carboxylic acid groups (broad SMARTS) is 1. The van der Waals surface area contributed by atoms with Gasteiger partial charge in [0.2, 0.25) is 0 Å². The average Bonchev–Trinajstić information content (AvgIpc) is 2.14. The van der Waals surface area contributed by atoms with Crippen molar-refractivity contribution in [3.8, 4) is 0 Å². The predicted molar refractivity (Wildman–Crippen MR) is 58.3 cm³/mol. The van der Waals surface area contributed by atoms with Crippen LogP contribution in [0.15, 0.2) is 0 Å². The van der Waals surface area contributed by atoms with Gasteiger partial charge >= 0.3 is 5.97 Å². The van der Waals surface area contributed by atoms with Crippen LogP contribution >= 0.6 is 0 Å². The van der Waals surface area contributed by atoms with Crippen LogP contribution < -0.4 is 9.44 Å². The number of aliphatic carboxylic acids is 1. The van der Waals surface area contributed by atoms with Gasteiger partial charge in [0.05, 0.1) is 6.61 Å². The van der Waals surface area contributed by atoms with Crippen LogP contribution in [-0.4, -0.2) is 45.8 Å². The Morgan fingerprint density at radius 1 is 1.50 bits per heavy atom. The first-order valence-electron chi connectivity index (χ1n) is 4.85. The lowest BCUT2D eigenvalue weighted by Crippen LogP contribution is -2.42. The maximum Gasteiger partial charge on any atom is 0.303 e. The summed E-state index contributed by atoms with van der Waals surface area (Å²) in [5.41, 5.74) is 0. The van der Waals surface area contributed by atoms with E-state index in [1.807, 2.05) is 0 Å². The van der Waals surface area contributed by atoms with Crippen LogP contribution in [0, 0.1) is 0 Å². The van der Waals surface area contributed by atoms with Gasteiger partial charge in [-0.1, -0.05) is 0 Å². The zero-order chi connectivity index (χ0) is 12.6. The Labute approximate surface area is 95.4 Å². The Bertz CT molecular complexity index is 304. The van der Waals surface area contributed by atoms with Crippen molar-refractivity contribution in [2.24, 2.45) is 0 Å². The predicted octanol–water partition coefficient (Wildman–Crippen LogP) is -0.690. The van der Waals surface area contributed by atoms with Crippen molar-refractivity contribution in [2.45, 2.75) is 25.8 Å². The van der Waals surface area contributed by atoms with Gasteiger partial charge in [-0.15, -0.1) is 0 Å². The van der Waals surface area contributed by atoms with Gasteiger partial charge in [0, 0.05) is 26.1 Å². The maximum absolute atomic E-state index is 11.3. The smallest absolute Gasteiger partial charge is 0.303 e. The summed E-state index contributed by atoms with van der Waals surface area (Å²) in [6.45, 7) is 2.07. The third-order valence-corrected chi connectivity index (χ3v) is 3.04. The highest BCUT2D eigenvalue weighted by Gasteiger charge is 2.14. The van der Waals surface area contributed by atoms with E-state index >= 15 is 0 Å². The quantitative estimate of drug-likeness (QED) is 0.472. The molecule has 0 bridgehead atoms. The first-order chi connectivity index (χ1) is 7.37. The fourth-order valence-electron chi connectivity index (χ4n) is 0.984. The van der Waals surface area contributed by atoms with Gasteiger partial charge in [-0.3, -0.25) is 4.79 Å². The fourth-order valence-corrected chi connectivity index (χ4v) is 2.07. The molecule has 3 N–H and O–H groups in total. The number of rotatable bonds is 9. The summed E-state index contributed by atoms with van der Waals surface area (Å²) in [6, 6.07) is -0.420. The summed E-state index contributed by atoms with van der Waals surface area (Å²) in [5, 5.41) is 8.42. The van der Waals surface area contributed by atoms with Crippen LogP contribution in [-0.2, 0) is 19.7 Å². The van der Waals surface area contributed by atoms with Crippen molar-refractivity contribution in [3.63, 3.8) is 0 Å². The minimum atomic E-state index is -3.57. The number of carboxylic acids is 1. The van der Waals surface area contributed by atoms with Gasteiger partial charge in [-0.25, -0.2) is 0 Å². The van der Waals surface area contributed by atoms with E-state index in [9.17, 15) is 13.2 Å². The highest BCUT2D eigenvalue weighted by atomic mass is 32.2. The topological polar surface area (TPSA) is 105 Å². The van der Waals surface area contributed by atoms with Crippen molar-refractivity contribution in [2.75, 3.05) is 20.3 Å². The van der Waals surface area contributed by atoms with E-state index in [0.29, 0.717) is 0 Å². The van der Waals surface area contributed by atoms with Crippen LogP contribution in [0.3, 0.4) is 0 Å². The van der Waals surface area contributed by atoms with Crippen molar-refractivity contribution in [1.29, 1.82) is 0 Å². The second-order valence-electron chi connectivity index (χ2n) is 3.34. The maximum atomic E-state index is 11.3. The lowest BCUT2D eigenvalue weighted by Gasteiger charge is -2.13. The normalized spacial score (nSPS) is 13.6. The molecule has 0 saturated heterocycles. The first-order valence-corrected chi connectivity index (χ1v) is 6.33. The lowest BCUT2D eigenvalue weighted by atomic mass is 10.2. The van der Waals surface area contributed by atoms with Gasteiger partial charge in [0.25, 0.3) is 10.2 Å². The van der Waals surface area contributed by atoms with Gasteiger partial charge in [-0.2, -0.15) is 17.9 Å². The molecule has 0 aliphatic carbocycles. The minimum Gasteiger partial charge on any atom is -0.481 e. The van der Waals surface area contributed by atoms with Crippen LogP contribution in [0.2, 0.25) is 0 Å². The summed E-state index contributed by atoms with van der Waals surface area (Å²) < 4.78 is 31.9. The molecule has 0 rings (SSSR count). The van der Waals surface area contributed by atoms with Crippen molar-refractivity contribution < 1.29 is 23.1 Å². The van der Waals surface area contributed by atoms with Gasteiger partial charge in [-0.05, 0) is 13.3 Å². The third kappa shape index (κ3) is 8.60. The highest BCUT2D eigenvalue weighted by Crippen LogP contribution is 1.97. The molecule has 0 aromatic rings. The Morgan fingerprint density at radius 3 is 2.62 bits per heavy atom. The lowest BCUT2D eigenvalue weighted by molar-refractivity contribution is -0.137. The molecule has 0 fully saturated rings. The van der Waals surface area contributed by atoms with E-state index in [-0.39, 0.29) is 26.0 Å². The number of hydrogen-bond acceptors (Lipinski definition) is 4. The van der Waals surface area contributed by atoms with Gasteiger partial charge in [0.15, 0.2) is 0 Å². The molecular weight excluding hydrogens is 236 g/mol. The molecule has 16 heavy (non-hydrogen) atoms. The summed E-state index contributed by atoms with van der Waals surface area (Å²) in [6.07, 6.45) is 0.183. The summed E-state index contributed by atoms with van der Waals surface area (Å²) >= 11 is 0. The molecule has 0 aromatic heterocycles. The van der Waals surface area contributed by atoms with Crippen LogP contribution in [0.25, 0.3) is 0 Å². The molecule has 0 radical (unpaired) electrons. The van der Waals surface area contributed by atoms with Crippen LogP contribution in [0.1, 0.15) is 19.8 Å². The number of methoxy groups -OCH3 is 1. The van der Waals surface area contributed by atoms with Crippen molar-refractivity contribution in [1.82, 2.24) is 9.44 Å². The molecule has 0 aromatic carbocycles. The SMILES string of the molecule is COCCNS(=O)(=O)NC(C)CCC(=O)O. The summed E-state index contributed by atoms with van der Waals surface area (Å²) in [5.74, 6) is -0.946. The highest BCUT2D eigenvalue weighted by molar-refractivity contribution is 7.87. The van der Waals surface area contributed by atoms with Gasteiger partial charge in [0.1, 0.15) is 0 Å². The van der Waals surface area contributed by atoms with Crippen molar-refractivity contribution in [3.05, 3.63) is 0 Å². The molecule has 0 aliphatic heterocycles. The third-order valence-electron chi connectivity index (χ3n) is 1.75. The Hall–Kier alpha value is -0.700. The second-order valence-corrected chi connectivity index (χ2v) is 4.87. The Morgan fingerprint density at radius 2 is 2.12 bits per heavy atom. The van der Waals surface area contributed by atoms with E-state index in [0.717, 1.165) is 0 Å². The molecule has 1 atom stereocenters. The number of hydrogen-bond donors (Lipinski definition) is 3. The standard InChI is InChI=1S/C8H18N2O5S/c1-7(3-4-8(11)12)10-16(13,14)9-5-6-15-2/h7,9-10H,3-6H2,1-2H3,(H,11,12). The zero-order valence-electron chi connectivity index (χ0n) is 9.39. The fraction of sp³-hybridized carbons (Fsp3) is 0.875. The molecular formula is C8H18N2O5S. The Balaban J connectivity index is 3.90.